The van der Waals surface area contributed by atoms with Crippen molar-refractivity contribution in [2.75, 3.05) is 99.5 Å². The molecule has 0 bridgehead atoms. The lowest BCUT2D eigenvalue weighted by atomic mass is 10.1. The third kappa shape index (κ3) is 6.44. The topological polar surface area (TPSA) is 88.6 Å². The molecule has 0 aliphatic carbocycles. The summed E-state index contributed by atoms with van der Waals surface area (Å²) in [6, 6.07) is 13.2. The van der Waals surface area contributed by atoms with Gasteiger partial charge in [-0.25, -0.2) is 19.9 Å². The summed E-state index contributed by atoms with van der Waals surface area (Å²) in [6.45, 7) is 13.4. The molecular weight excluding hydrogens is 512 g/mol. The van der Waals surface area contributed by atoms with Gasteiger partial charge in [-0.05, 0) is 49.9 Å². The van der Waals surface area contributed by atoms with E-state index in [1.54, 1.807) is 12.7 Å². The second-order valence-electron chi connectivity index (χ2n) is 11.2. The molecule has 2 aromatic heterocycles. The summed E-state index contributed by atoms with van der Waals surface area (Å²) in [4.78, 5) is 28.0. The first kappa shape index (κ1) is 27.4. The van der Waals surface area contributed by atoms with Crippen LogP contribution in [-0.2, 0) is 0 Å². The molecule has 0 unspecified atom stereocenters. The van der Waals surface area contributed by atoms with Crippen LogP contribution in [0.15, 0.2) is 49.1 Å². The predicted octanol–water partition coefficient (Wildman–Crippen LogP) is 3.77. The standard InChI is InChI=1S/C31H42N10/c1-3-4-9-32-30-26-7-5-24(20-28(26)34-22-36-30)40-16-18-41(19-17-40)25-6-8-27-29(21-25)35-23-37-31(27)33-10-11-39-14-12-38(2)13-15-39/h5-8,20-23H,3-4,9-19H2,1-2H3,(H,32,34,36)(H,33,35,37). The molecule has 41 heavy (non-hydrogen) atoms. The summed E-state index contributed by atoms with van der Waals surface area (Å²) in [5, 5.41) is 9.18. The fraction of sp³-hybridized carbons (Fsp3) is 0.484. The molecule has 4 aromatic rings. The number of unbranched alkanes of at least 4 members (excludes halogenated alkanes) is 1. The van der Waals surface area contributed by atoms with E-state index in [0.717, 1.165) is 118 Å². The highest BCUT2D eigenvalue weighted by Gasteiger charge is 2.19. The zero-order valence-corrected chi connectivity index (χ0v) is 24.4. The first-order valence-electron chi connectivity index (χ1n) is 15.1. The van der Waals surface area contributed by atoms with Gasteiger partial charge in [0.25, 0.3) is 0 Å². The first-order valence-corrected chi connectivity index (χ1v) is 15.1. The van der Waals surface area contributed by atoms with Crippen LogP contribution in [0.25, 0.3) is 21.8 Å². The van der Waals surface area contributed by atoms with Gasteiger partial charge in [-0.3, -0.25) is 4.90 Å². The molecule has 216 valence electrons. The zero-order chi connectivity index (χ0) is 28.0. The second-order valence-corrected chi connectivity index (χ2v) is 11.2. The number of benzene rings is 2. The van der Waals surface area contributed by atoms with Gasteiger partial charge in [0.2, 0.25) is 0 Å². The molecule has 0 amide bonds. The Morgan fingerprint density at radius 1 is 0.659 bits per heavy atom. The summed E-state index contributed by atoms with van der Waals surface area (Å²) < 4.78 is 0. The number of nitrogens with zero attached hydrogens (tertiary/aromatic N) is 8. The van der Waals surface area contributed by atoms with Gasteiger partial charge in [-0.2, -0.15) is 0 Å². The van der Waals surface area contributed by atoms with Crippen molar-refractivity contribution in [2.24, 2.45) is 0 Å². The van der Waals surface area contributed by atoms with E-state index < -0.39 is 0 Å². The summed E-state index contributed by atoms with van der Waals surface area (Å²) in [6.07, 6.45) is 5.63. The molecule has 2 saturated heterocycles. The van der Waals surface area contributed by atoms with Crippen molar-refractivity contribution in [2.45, 2.75) is 19.8 Å². The normalized spacial score (nSPS) is 16.9. The lowest BCUT2D eigenvalue weighted by Gasteiger charge is -2.37. The maximum Gasteiger partial charge on any atom is 0.137 e. The number of hydrogen-bond donors (Lipinski definition) is 2. The monoisotopic (exact) mass is 554 g/mol. The van der Waals surface area contributed by atoms with Crippen molar-refractivity contribution in [1.82, 2.24) is 29.7 Å². The molecule has 0 saturated carbocycles. The van der Waals surface area contributed by atoms with Gasteiger partial charge in [0.05, 0.1) is 11.0 Å². The second kappa shape index (κ2) is 12.8. The third-order valence-corrected chi connectivity index (χ3v) is 8.39. The minimum absolute atomic E-state index is 0.886. The molecule has 2 aliphatic rings. The van der Waals surface area contributed by atoms with Gasteiger partial charge in [-0.1, -0.05) is 13.3 Å². The van der Waals surface area contributed by atoms with E-state index in [0.29, 0.717) is 0 Å². The Kier molecular flexibility index (Phi) is 8.57. The molecule has 2 N–H and O–H groups in total. The van der Waals surface area contributed by atoms with E-state index in [1.165, 1.54) is 11.4 Å². The van der Waals surface area contributed by atoms with Crippen LogP contribution in [0.1, 0.15) is 19.8 Å². The van der Waals surface area contributed by atoms with Gasteiger partial charge in [0.15, 0.2) is 0 Å². The highest BCUT2D eigenvalue weighted by molar-refractivity contribution is 5.92. The number of hydrogen-bond acceptors (Lipinski definition) is 10. The number of rotatable bonds is 10. The van der Waals surface area contributed by atoms with Gasteiger partial charge < -0.3 is 25.3 Å². The van der Waals surface area contributed by atoms with Crippen LogP contribution >= 0.6 is 0 Å². The van der Waals surface area contributed by atoms with E-state index >= 15 is 0 Å². The van der Waals surface area contributed by atoms with Crippen molar-refractivity contribution in [3.63, 3.8) is 0 Å². The van der Waals surface area contributed by atoms with E-state index in [9.17, 15) is 0 Å². The molecular formula is C31H42N10. The number of piperazine rings is 2. The van der Waals surface area contributed by atoms with Crippen LogP contribution in [0, 0.1) is 0 Å². The molecule has 10 nitrogen and oxygen atoms in total. The maximum atomic E-state index is 4.60. The average molecular weight is 555 g/mol. The molecule has 0 spiro atoms. The van der Waals surface area contributed by atoms with Gasteiger partial charge >= 0.3 is 0 Å². The predicted molar refractivity (Wildman–Crippen MR) is 169 cm³/mol. The average Bonchev–Trinajstić information content (AvgIpc) is 3.02. The molecule has 0 radical (unpaired) electrons. The highest BCUT2D eigenvalue weighted by Crippen LogP contribution is 2.28. The Labute approximate surface area is 242 Å². The fourth-order valence-electron chi connectivity index (χ4n) is 5.78. The Balaban J connectivity index is 1.07. The number of fused-ring (bicyclic) bond motifs is 2. The van der Waals surface area contributed by atoms with Crippen molar-refractivity contribution < 1.29 is 0 Å². The van der Waals surface area contributed by atoms with Crippen LogP contribution in [0.4, 0.5) is 23.0 Å². The van der Waals surface area contributed by atoms with Crippen molar-refractivity contribution >= 4 is 44.8 Å². The molecule has 10 heteroatoms. The van der Waals surface area contributed by atoms with Gasteiger partial charge in [-0.15, -0.1) is 0 Å². The lowest BCUT2D eigenvalue weighted by molar-refractivity contribution is 0.158. The molecule has 6 rings (SSSR count). The summed E-state index contributed by atoms with van der Waals surface area (Å²) in [5.41, 5.74) is 4.41. The number of likely N-dealkylation sites (N-methyl/N-ethyl adjacent to an activating group) is 1. The van der Waals surface area contributed by atoms with E-state index in [1.807, 2.05) is 0 Å². The van der Waals surface area contributed by atoms with Crippen molar-refractivity contribution in [3.05, 3.63) is 49.1 Å². The number of anilines is 4. The first-order chi connectivity index (χ1) is 20.2. The van der Waals surface area contributed by atoms with Crippen LogP contribution in [0.5, 0.6) is 0 Å². The van der Waals surface area contributed by atoms with Crippen molar-refractivity contribution in [1.29, 1.82) is 0 Å². The van der Waals surface area contributed by atoms with Crippen LogP contribution in [0.2, 0.25) is 0 Å². The minimum atomic E-state index is 0.886. The summed E-state index contributed by atoms with van der Waals surface area (Å²) >= 11 is 0. The SMILES string of the molecule is CCCCNc1ncnc2cc(N3CCN(c4ccc5c(NCCN6CCN(C)CC6)ncnc5c4)CC3)ccc12. The van der Waals surface area contributed by atoms with E-state index in [2.05, 4.69) is 101 Å². The number of nitrogens with one attached hydrogen (secondary N) is 2. The van der Waals surface area contributed by atoms with Gasteiger partial charge in [0, 0.05) is 94.1 Å². The van der Waals surface area contributed by atoms with Crippen LogP contribution < -0.4 is 20.4 Å². The zero-order valence-electron chi connectivity index (χ0n) is 24.4. The molecule has 4 heterocycles. The largest absolute Gasteiger partial charge is 0.369 e. The minimum Gasteiger partial charge on any atom is -0.369 e. The Hall–Kier alpha value is -3.76. The molecule has 2 aromatic carbocycles. The number of aromatic nitrogens is 4. The van der Waals surface area contributed by atoms with Crippen molar-refractivity contribution in [3.8, 4) is 0 Å². The fourth-order valence-corrected chi connectivity index (χ4v) is 5.78. The smallest absolute Gasteiger partial charge is 0.137 e. The Bertz CT molecular complexity index is 1440. The summed E-state index contributed by atoms with van der Waals surface area (Å²) in [5.74, 6) is 1.85. The third-order valence-electron chi connectivity index (χ3n) is 8.39. The van der Waals surface area contributed by atoms with Crippen LogP contribution in [-0.4, -0.2) is 109 Å². The molecule has 2 fully saturated rings. The van der Waals surface area contributed by atoms with Crippen LogP contribution in [0.3, 0.4) is 0 Å². The molecule has 2 aliphatic heterocycles. The van der Waals surface area contributed by atoms with E-state index in [-0.39, 0.29) is 0 Å². The lowest BCUT2D eigenvalue weighted by Crippen LogP contribution is -2.46. The highest BCUT2D eigenvalue weighted by atomic mass is 15.3. The van der Waals surface area contributed by atoms with Gasteiger partial charge in [0.1, 0.15) is 24.3 Å². The molecule has 0 atom stereocenters. The Morgan fingerprint density at radius 2 is 1.20 bits per heavy atom. The summed E-state index contributed by atoms with van der Waals surface area (Å²) in [7, 11) is 2.19. The van der Waals surface area contributed by atoms with E-state index in [4.69, 9.17) is 0 Å². The quantitative estimate of drug-likeness (QED) is 0.283. The maximum absolute atomic E-state index is 4.60. The Morgan fingerprint density at radius 3 is 1.73 bits per heavy atom.